The van der Waals surface area contributed by atoms with Crippen molar-refractivity contribution in [3.8, 4) is 0 Å². The maximum absolute atomic E-state index is 13.4. The van der Waals surface area contributed by atoms with Gasteiger partial charge in [-0.05, 0) is 55.2 Å². The molecule has 0 aliphatic heterocycles. The van der Waals surface area contributed by atoms with E-state index < -0.39 is 6.10 Å². The summed E-state index contributed by atoms with van der Waals surface area (Å²) in [7, 11) is 0. The van der Waals surface area contributed by atoms with Gasteiger partial charge in [0.05, 0.1) is 12.3 Å². The standard InChI is InChI=1S/C18H21FN2O3/c1-11(9-16(22)17-3-2-8-24-17)20-18(23)21-15-7-5-12-4-6-13(19)10-14(12)15/h2-4,6,8,10-11,15-16,22H,5,7,9H2,1H3,(H2,20,21,23)/t11-,15+,16+/m1/s1. The molecule has 24 heavy (non-hydrogen) atoms. The molecule has 1 aliphatic carbocycles. The quantitative estimate of drug-likeness (QED) is 0.787. The first-order valence-corrected chi connectivity index (χ1v) is 8.09. The van der Waals surface area contributed by atoms with Gasteiger partial charge in [-0.1, -0.05) is 6.07 Å². The zero-order valence-electron chi connectivity index (χ0n) is 13.5. The average molecular weight is 332 g/mol. The van der Waals surface area contributed by atoms with Crippen LogP contribution in [0.1, 0.15) is 48.8 Å². The van der Waals surface area contributed by atoms with Crippen LogP contribution >= 0.6 is 0 Å². The fourth-order valence-corrected chi connectivity index (χ4v) is 3.14. The van der Waals surface area contributed by atoms with Gasteiger partial charge in [-0.2, -0.15) is 0 Å². The fourth-order valence-electron chi connectivity index (χ4n) is 3.14. The lowest BCUT2D eigenvalue weighted by atomic mass is 10.1. The Kier molecular flexibility index (Phi) is 4.85. The minimum atomic E-state index is -0.767. The molecular formula is C18H21FN2O3. The predicted octanol–water partition coefficient (Wildman–Crippen LogP) is 3.22. The normalized spacial score (nSPS) is 18.7. The van der Waals surface area contributed by atoms with E-state index in [9.17, 15) is 14.3 Å². The number of nitrogens with one attached hydrogen (secondary N) is 2. The Morgan fingerprint density at radius 3 is 3.04 bits per heavy atom. The lowest BCUT2D eigenvalue weighted by Crippen LogP contribution is -2.42. The number of hydrogen-bond donors (Lipinski definition) is 3. The molecule has 128 valence electrons. The molecular weight excluding hydrogens is 311 g/mol. The average Bonchev–Trinajstić information content (AvgIpc) is 3.17. The summed E-state index contributed by atoms with van der Waals surface area (Å²) in [6.45, 7) is 1.81. The number of furan rings is 1. The Morgan fingerprint density at radius 2 is 2.29 bits per heavy atom. The smallest absolute Gasteiger partial charge is 0.315 e. The number of urea groups is 1. The van der Waals surface area contributed by atoms with Gasteiger partial charge in [-0.3, -0.25) is 0 Å². The van der Waals surface area contributed by atoms with E-state index in [0.717, 1.165) is 24.0 Å². The number of rotatable bonds is 5. The number of aliphatic hydroxyl groups is 1. The molecule has 6 heteroatoms. The van der Waals surface area contributed by atoms with Crippen LogP contribution in [0.2, 0.25) is 0 Å². The molecule has 0 fully saturated rings. The highest BCUT2D eigenvalue weighted by Crippen LogP contribution is 2.31. The molecule has 0 spiro atoms. The van der Waals surface area contributed by atoms with Gasteiger partial charge in [0.2, 0.25) is 0 Å². The molecule has 0 unspecified atom stereocenters. The number of carbonyl (C=O) groups is 1. The maximum Gasteiger partial charge on any atom is 0.315 e. The van der Waals surface area contributed by atoms with E-state index in [1.165, 1.54) is 18.4 Å². The Labute approximate surface area is 139 Å². The van der Waals surface area contributed by atoms with E-state index >= 15 is 0 Å². The van der Waals surface area contributed by atoms with E-state index in [0.29, 0.717) is 12.2 Å². The summed E-state index contributed by atoms with van der Waals surface area (Å²) in [6, 6.07) is 7.36. The van der Waals surface area contributed by atoms with Crippen LogP contribution in [0.15, 0.2) is 41.0 Å². The van der Waals surface area contributed by atoms with Crippen LogP contribution < -0.4 is 10.6 Å². The van der Waals surface area contributed by atoms with Gasteiger partial charge in [0, 0.05) is 12.5 Å². The van der Waals surface area contributed by atoms with Crippen LogP contribution in [-0.4, -0.2) is 17.2 Å². The summed E-state index contributed by atoms with van der Waals surface area (Å²) in [4.78, 5) is 12.2. The fraction of sp³-hybridized carbons (Fsp3) is 0.389. The number of halogens is 1. The summed E-state index contributed by atoms with van der Waals surface area (Å²) in [5.41, 5.74) is 1.91. The molecule has 3 atom stereocenters. The van der Waals surface area contributed by atoms with Gasteiger partial charge < -0.3 is 20.2 Å². The van der Waals surface area contributed by atoms with E-state index in [2.05, 4.69) is 10.6 Å². The lowest BCUT2D eigenvalue weighted by Gasteiger charge is -2.20. The number of hydrogen-bond acceptors (Lipinski definition) is 3. The highest BCUT2D eigenvalue weighted by molar-refractivity contribution is 5.75. The molecule has 0 bridgehead atoms. The number of fused-ring (bicyclic) bond motifs is 1. The summed E-state index contributed by atoms with van der Waals surface area (Å²) < 4.78 is 18.5. The number of aryl methyl sites for hydroxylation is 1. The van der Waals surface area contributed by atoms with Crippen LogP contribution in [-0.2, 0) is 6.42 Å². The Bertz CT molecular complexity index is 702. The second kappa shape index (κ2) is 7.05. The first-order valence-electron chi connectivity index (χ1n) is 8.09. The van der Waals surface area contributed by atoms with E-state index in [1.54, 1.807) is 18.2 Å². The van der Waals surface area contributed by atoms with Crippen molar-refractivity contribution in [2.24, 2.45) is 0 Å². The largest absolute Gasteiger partial charge is 0.467 e. The van der Waals surface area contributed by atoms with E-state index in [1.807, 2.05) is 6.92 Å². The van der Waals surface area contributed by atoms with Crippen LogP contribution in [0.3, 0.4) is 0 Å². The molecule has 0 saturated carbocycles. The number of aliphatic hydroxyl groups excluding tert-OH is 1. The van der Waals surface area contributed by atoms with Crippen molar-refractivity contribution in [3.63, 3.8) is 0 Å². The topological polar surface area (TPSA) is 74.5 Å². The number of carbonyl (C=O) groups excluding carboxylic acids is 1. The Morgan fingerprint density at radius 1 is 1.46 bits per heavy atom. The van der Waals surface area contributed by atoms with Crippen molar-refractivity contribution in [3.05, 3.63) is 59.3 Å². The minimum absolute atomic E-state index is 0.183. The molecule has 1 aliphatic rings. The van der Waals surface area contributed by atoms with Crippen molar-refractivity contribution in [2.45, 2.75) is 44.4 Å². The van der Waals surface area contributed by atoms with Crippen LogP contribution in [0.4, 0.5) is 9.18 Å². The zero-order valence-corrected chi connectivity index (χ0v) is 13.5. The third-order valence-electron chi connectivity index (χ3n) is 4.32. The molecule has 5 nitrogen and oxygen atoms in total. The van der Waals surface area contributed by atoms with Gasteiger partial charge in [0.15, 0.2) is 0 Å². The molecule has 0 saturated heterocycles. The molecule has 1 aromatic heterocycles. The number of benzene rings is 1. The summed E-state index contributed by atoms with van der Waals surface area (Å²) in [5.74, 6) is 0.182. The minimum Gasteiger partial charge on any atom is -0.467 e. The van der Waals surface area contributed by atoms with Crippen LogP contribution in [0, 0.1) is 5.82 Å². The van der Waals surface area contributed by atoms with Crippen LogP contribution in [0.25, 0.3) is 0 Å². The zero-order chi connectivity index (χ0) is 17.1. The second-order valence-electron chi connectivity index (χ2n) is 6.22. The van der Waals surface area contributed by atoms with Gasteiger partial charge in [0.1, 0.15) is 17.7 Å². The molecule has 2 amide bonds. The van der Waals surface area contributed by atoms with Crippen molar-refractivity contribution in [1.29, 1.82) is 0 Å². The maximum atomic E-state index is 13.4. The second-order valence-corrected chi connectivity index (χ2v) is 6.22. The van der Waals surface area contributed by atoms with Gasteiger partial charge in [-0.15, -0.1) is 0 Å². The van der Waals surface area contributed by atoms with Crippen LogP contribution in [0.5, 0.6) is 0 Å². The summed E-state index contributed by atoms with van der Waals surface area (Å²) >= 11 is 0. The van der Waals surface area contributed by atoms with Gasteiger partial charge >= 0.3 is 6.03 Å². The monoisotopic (exact) mass is 332 g/mol. The first kappa shape index (κ1) is 16.5. The molecule has 2 aromatic rings. The third kappa shape index (κ3) is 3.76. The van der Waals surface area contributed by atoms with Crippen molar-refractivity contribution < 1.29 is 18.7 Å². The summed E-state index contributed by atoms with van der Waals surface area (Å²) in [6.07, 6.45) is 2.66. The van der Waals surface area contributed by atoms with E-state index in [-0.39, 0.29) is 23.9 Å². The van der Waals surface area contributed by atoms with Gasteiger partial charge in [-0.25, -0.2) is 9.18 Å². The SMILES string of the molecule is C[C@H](C[C@H](O)c1ccco1)NC(=O)N[C@H]1CCc2ccc(F)cc21. The molecule has 3 N–H and O–H groups in total. The van der Waals surface area contributed by atoms with E-state index in [4.69, 9.17) is 4.42 Å². The molecule has 0 radical (unpaired) electrons. The molecule has 1 aromatic carbocycles. The Balaban J connectivity index is 1.52. The molecule has 3 rings (SSSR count). The molecule has 1 heterocycles. The van der Waals surface area contributed by atoms with Gasteiger partial charge in [0.25, 0.3) is 0 Å². The van der Waals surface area contributed by atoms with Crippen molar-refractivity contribution in [1.82, 2.24) is 10.6 Å². The highest BCUT2D eigenvalue weighted by Gasteiger charge is 2.25. The Hall–Kier alpha value is -2.34. The van der Waals surface area contributed by atoms with Crippen molar-refractivity contribution >= 4 is 6.03 Å². The lowest BCUT2D eigenvalue weighted by molar-refractivity contribution is 0.129. The van der Waals surface area contributed by atoms with Crippen molar-refractivity contribution in [2.75, 3.05) is 0 Å². The number of amides is 2. The highest BCUT2D eigenvalue weighted by atomic mass is 19.1. The third-order valence-corrected chi connectivity index (χ3v) is 4.32. The predicted molar refractivity (Wildman–Crippen MR) is 86.9 cm³/mol. The first-order chi connectivity index (χ1) is 11.5. The summed E-state index contributed by atoms with van der Waals surface area (Å²) in [5, 5.41) is 15.7.